The van der Waals surface area contributed by atoms with Gasteiger partial charge in [-0.25, -0.2) is 0 Å². The van der Waals surface area contributed by atoms with Crippen molar-refractivity contribution in [1.82, 2.24) is 10.2 Å². The molecule has 0 aliphatic carbocycles. The van der Waals surface area contributed by atoms with Crippen molar-refractivity contribution in [2.24, 2.45) is 0 Å². The van der Waals surface area contributed by atoms with Gasteiger partial charge in [-0.3, -0.25) is 4.79 Å². The van der Waals surface area contributed by atoms with Crippen LogP contribution < -0.4 is 5.32 Å². The second-order valence-electron chi connectivity index (χ2n) is 3.13. The summed E-state index contributed by atoms with van der Waals surface area (Å²) >= 11 is 6.29. The van der Waals surface area contributed by atoms with Crippen molar-refractivity contribution in [3.63, 3.8) is 0 Å². The SMILES string of the molecule is CC(=O)Nc1ccc(Sc2nnc(Br)s2)cc1. The van der Waals surface area contributed by atoms with Crippen molar-refractivity contribution in [2.75, 3.05) is 5.32 Å². The van der Waals surface area contributed by atoms with Gasteiger partial charge in [-0.1, -0.05) is 23.1 Å². The summed E-state index contributed by atoms with van der Waals surface area (Å²) in [5.41, 5.74) is 0.792. The Bertz CT molecular complexity index is 527. The van der Waals surface area contributed by atoms with E-state index in [2.05, 4.69) is 31.4 Å². The fourth-order valence-electron chi connectivity index (χ4n) is 1.14. The second-order valence-corrected chi connectivity index (χ2v) is 6.70. The Kier molecular flexibility index (Phi) is 4.14. The molecule has 2 rings (SSSR count). The summed E-state index contributed by atoms with van der Waals surface area (Å²) in [6, 6.07) is 7.59. The van der Waals surface area contributed by atoms with Crippen molar-refractivity contribution < 1.29 is 4.79 Å². The first-order chi connectivity index (χ1) is 8.13. The smallest absolute Gasteiger partial charge is 0.221 e. The lowest BCUT2D eigenvalue weighted by atomic mass is 10.3. The molecule has 0 fully saturated rings. The van der Waals surface area contributed by atoms with E-state index in [4.69, 9.17) is 0 Å². The van der Waals surface area contributed by atoms with Crippen LogP contribution in [-0.4, -0.2) is 16.1 Å². The molecule has 1 aromatic carbocycles. The molecular formula is C10H8BrN3OS2. The summed E-state index contributed by atoms with van der Waals surface area (Å²) in [4.78, 5) is 11.9. The van der Waals surface area contributed by atoms with E-state index >= 15 is 0 Å². The highest BCUT2D eigenvalue weighted by Crippen LogP contribution is 2.32. The third-order valence-corrected chi connectivity index (χ3v) is 4.18. The number of halogens is 1. The minimum Gasteiger partial charge on any atom is -0.326 e. The number of nitrogens with one attached hydrogen (secondary N) is 1. The van der Waals surface area contributed by atoms with E-state index < -0.39 is 0 Å². The van der Waals surface area contributed by atoms with Gasteiger partial charge in [0.25, 0.3) is 0 Å². The number of aromatic nitrogens is 2. The van der Waals surface area contributed by atoms with Gasteiger partial charge in [-0.2, -0.15) is 0 Å². The van der Waals surface area contributed by atoms with Crippen LogP contribution in [0.4, 0.5) is 5.69 Å². The van der Waals surface area contributed by atoms with Crippen molar-refractivity contribution >= 4 is 50.6 Å². The Labute approximate surface area is 115 Å². The van der Waals surface area contributed by atoms with Crippen molar-refractivity contribution in [3.05, 3.63) is 28.2 Å². The Hall–Kier alpha value is -0.920. The predicted octanol–water partition coefficient (Wildman–Crippen LogP) is 3.41. The molecule has 4 nitrogen and oxygen atoms in total. The zero-order chi connectivity index (χ0) is 12.3. The fourth-order valence-corrected chi connectivity index (χ4v) is 3.56. The van der Waals surface area contributed by atoms with Crippen LogP contribution in [0.2, 0.25) is 0 Å². The molecule has 1 heterocycles. The monoisotopic (exact) mass is 329 g/mol. The number of nitrogens with zero attached hydrogens (tertiary/aromatic N) is 2. The first-order valence-electron chi connectivity index (χ1n) is 4.68. The largest absolute Gasteiger partial charge is 0.326 e. The van der Waals surface area contributed by atoms with Crippen molar-refractivity contribution in [1.29, 1.82) is 0 Å². The van der Waals surface area contributed by atoms with E-state index in [0.717, 1.165) is 18.8 Å². The Balaban J connectivity index is 2.05. The van der Waals surface area contributed by atoms with Gasteiger partial charge in [-0.05, 0) is 40.2 Å². The van der Waals surface area contributed by atoms with Gasteiger partial charge in [-0.15, -0.1) is 10.2 Å². The maximum absolute atomic E-state index is 10.9. The second kappa shape index (κ2) is 5.61. The number of anilines is 1. The number of carbonyl (C=O) groups is 1. The maximum atomic E-state index is 10.9. The fraction of sp³-hybridized carbons (Fsp3) is 0.100. The number of hydrogen-bond acceptors (Lipinski definition) is 5. The topological polar surface area (TPSA) is 54.9 Å². The van der Waals surface area contributed by atoms with Crippen LogP contribution in [0.3, 0.4) is 0 Å². The zero-order valence-corrected chi connectivity index (χ0v) is 12.0. The average molecular weight is 330 g/mol. The molecule has 1 aromatic heterocycles. The van der Waals surface area contributed by atoms with Gasteiger partial charge in [0, 0.05) is 17.5 Å². The summed E-state index contributed by atoms with van der Waals surface area (Å²) in [7, 11) is 0. The first kappa shape index (κ1) is 12.5. The Morgan fingerprint density at radius 3 is 2.59 bits per heavy atom. The summed E-state index contributed by atoms with van der Waals surface area (Å²) in [5, 5.41) is 10.6. The summed E-state index contributed by atoms with van der Waals surface area (Å²) < 4.78 is 1.65. The van der Waals surface area contributed by atoms with Crippen molar-refractivity contribution in [2.45, 2.75) is 16.2 Å². The third kappa shape index (κ3) is 3.79. The lowest BCUT2D eigenvalue weighted by Gasteiger charge is -2.02. The van der Waals surface area contributed by atoms with Crippen LogP contribution in [0.1, 0.15) is 6.92 Å². The highest BCUT2D eigenvalue weighted by molar-refractivity contribution is 9.11. The number of carbonyl (C=O) groups excluding carboxylic acids is 1. The van der Waals surface area contributed by atoms with Crippen LogP contribution in [0.5, 0.6) is 0 Å². The molecule has 88 valence electrons. The molecule has 0 spiro atoms. The van der Waals surface area contributed by atoms with Gasteiger partial charge >= 0.3 is 0 Å². The number of benzene rings is 1. The minimum atomic E-state index is -0.0709. The molecule has 1 N–H and O–H groups in total. The van der Waals surface area contributed by atoms with E-state index in [0.29, 0.717) is 0 Å². The molecule has 0 aliphatic heterocycles. The standard InChI is InChI=1S/C10H8BrN3OS2/c1-6(15)12-7-2-4-8(5-3-7)16-10-14-13-9(11)17-10/h2-5H,1H3,(H,12,15). The summed E-state index contributed by atoms with van der Waals surface area (Å²) in [6.45, 7) is 1.49. The van der Waals surface area contributed by atoms with Gasteiger partial charge in [0.2, 0.25) is 5.91 Å². The van der Waals surface area contributed by atoms with Gasteiger partial charge in [0.05, 0.1) is 0 Å². The molecule has 0 atom stereocenters. The maximum Gasteiger partial charge on any atom is 0.221 e. The summed E-state index contributed by atoms with van der Waals surface area (Å²) in [6.07, 6.45) is 0. The van der Waals surface area contributed by atoms with Crippen LogP contribution in [0.25, 0.3) is 0 Å². The molecule has 7 heteroatoms. The Morgan fingerprint density at radius 1 is 1.35 bits per heavy atom. The van der Waals surface area contributed by atoms with E-state index in [-0.39, 0.29) is 5.91 Å². The molecule has 17 heavy (non-hydrogen) atoms. The van der Waals surface area contributed by atoms with Crippen LogP contribution >= 0.6 is 39.0 Å². The quantitative estimate of drug-likeness (QED) is 0.937. The number of amides is 1. The Morgan fingerprint density at radius 2 is 2.06 bits per heavy atom. The van der Waals surface area contributed by atoms with E-state index in [1.165, 1.54) is 30.0 Å². The number of hydrogen-bond donors (Lipinski definition) is 1. The molecule has 0 unspecified atom stereocenters. The number of rotatable bonds is 3. The molecule has 2 aromatic rings. The normalized spacial score (nSPS) is 10.2. The van der Waals surface area contributed by atoms with E-state index in [1.54, 1.807) is 0 Å². The van der Waals surface area contributed by atoms with Crippen LogP contribution in [-0.2, 0) is 4.79 Å². The lowest BCUT2D eigenvalue weighted by molar-refractivity contribution is -0.114. The van der Waals surface area contributed by atoms with Crippen LogP contribution in [0, 0.1) is 0 Å². The zero-order valence-electron chi connectivity index (χ0n) is 8.81. The van der Waals surface area contributed by atoms with Gasteiger partial charge in [0.1, 0.15) is 0 Å². The highest BCUT2D eigenvalue weighted by atomic mass is 79.9. The molecular weight excluding hydrogens is 322 g/mol. The van der Waals surface area contributed by atoms with E-state index in [1.807, 2.05) is 24.3 Å². The van der Waals surface area contributed by atoms with Gasteiger partial charge in [0.15, 0.2) is 8.26 Å². The minimum absolute atomic E-state index is 0.0709. The summed E-state index contributed by atoms with van der Waals surface area (Å²) in [5.74, 6) is -0.0709. The molecule has 1 amide bonds. The lowest BCUT2D eigenvalue weighted by Crippen LogP contribution is -2.05. The van der Waals surface area contributed by atoms with Gasteiger partial charge < -0.3 is 5.32 Å². The average Bonchev–Trinajstić information content (AvgIpc) is 2.66. The third-order valence-electron chi connectivity index (χ3n) is 1.76. The first-order valence-corrected chi connectivity index (χ1v) is 7.10. The molecule has 0 aliphatic rings. The van der Waals surface area contributed by atoms with E-state index in [9.17, 15) is 4.79 Å². The molecule has 0 bridgehead atoms. The van der Waals surface area contributed by atoms with Crippen molar-refractivity contribution in [3.8, 4) is 0 Å². The molecule has 0 radical (unpaired) electrons. The highest BCUT2D eigenvalue weighted by Gasteiger charge is 2.04. The van der Waals surface area contributed by atoms with Crippen LogP contribution in [0.15, 0.2) is 37.4 Å². The molecule has 0 saturated carbocycles. The predicted molar refractivity (Wildman–Crippen MR) is 72.5 cm³/mol. The molecule has 0 saturated heterocycles.